The molecule has 0 aromatic heterocycles. The molecule has 8 heteroatoms. The molecule has 2 unspecified atom stereocenters. The number of rotatable bonds is 5. The van der Waals surface area contributed by atoms with E-state index in [2.05, 4.69) is 5.32 Å². The molecule has 0 saturated carbocycles. The average Bonchev–Trinajstić information content (AvgIpc) is 2.65. The SMILES string of the molecule is CCC(C(N)=S)S(=O)(=O)N1CCC(NC(C)=O)C1. The minimum absolute atomic E-state index is 0.000442. The van der Waals surface area contributed by atoms with Gasteiger partial charge >= 0.3 is 0 Å². The molecule has 1 saturated heterocycles. The second-order valence-electron chi connectivity index (χ2n) is 4.39. The van der Waals surface area contributed by atoms with Crippen molar-refractivity contribution >= 4 is 33.1 Å². The number of thiocarbonyl (C=S) groups is 1. The zero-order chi connectivity index (χ0) is 13.9. The quantitative estimate of drug-likeness (QED) is 0.672. The average molecular weight is 293 g/mol. The minimum Gasteiger partial charge on any atom is -0.392 e. The number of carbonyl (C=O) groups excluding carboxylic acids is 1. The molecule has 0 bridgehead atoms. The van der Waals surface area contributed by atoms with Gasteiger partial charge in [0.1, 0.15) is 5.25 Å². The summed E-state index contributed by atoms with van der Waals surface area (Å²) in [6.45, 7) is 3.84. The van der Waals surface area contributed by atoms with E-state index >= 15 is 0 Å². The third-order valence-electron chi connectivity index (χ3n) is 2.97. The van der Waals surface area contributed by atoms with Crippen molar-refractivity contribution in [3.63, 3.8) is 0 Å². The molecule has 1 aliphatic rings. The lowest BCUT2D eigenvalue weighted by atomic mass is 10.3. The summed E-state index contributed by atoms with van der Waals surface area (Å²) in [6, 6.07) is -0.124. The normalized spacial score (nSPS) is 22.7. The first-order valence-corrected chi connectivity index (χ1v) is 7.75. The van der Waals surface area contributed by atoms with Crippen molar-refractivity contribution in [2.45, 2.75) is 38.0 Å². The lowest BCUT2D eigenvalue weighted by molar-refractivity contribution is -0.119. The Hall–Kier alpha value is -0.730. The van der Waals surface area contributed by atoms with Crippen molar-refractivity contribution in [1.29, 1.82) is 0 Å². The highest BCUT2D eigenvalue weighted by Crippen LogP contribution is 2.19. The molecule has 1 heterocycles. The van der Waals surface area contributed by atoms with Crippen LogP contribution in [-0.2, 0) is 14.8 Å². The summed E-state index contributed by atoms with van der Waals surface area (Å²) in [5.41, 5.74) is 5.47. The van der Waals surface area contributed by atoms with Gasteiger partial charge in [-0.3, -0.25) is 4.79 Å². The molecule has 3 N–H and O–H groups in total. The number of sulfonamides is 1. The van der Waals surface area contributed by atoms with Gasteiger partial charge in [0.25, 0.3) is 0 Å². The summed E-state index contributed by atoms with van der Waals surface area (Å²) in [4.78, 5) is 10.9. The van der Waals surface area contributed by atoms with E-state index in [1.54, 1.807) is 6.92 Å². The van der Waals surface area contributed by atoms with Gasteiger partial charge in [0.05, 0.1) is 4.99 Å². The van der Waals surface area contributed by atoms with Gasteiger partial charge in [0, 0.05) is 26.1 Å². The third-order valence-corrected chi connectivity index (χ3v) is 5.76. The van der Waals surface area contributed by atoms with E-state index < -0.39 is 15.3 Å². The first kappa shape index (κ1) is 15.3. The van der Waals surface area contributed by atoms with Crippen LogP contribution in [0.5, 0.6) is 0 Å². The zero-order valence-corrected chi connectivity index (χ0v) is 12.2. The number of amides is 1. The summed E-state index contributed by atoms with van der Waals surface area (Å²) in [7, 11) is -3.50. The van der Waals surface area contributed by atoms with E-state index in [-0.39, 0.29) is 16.9 Å². The maximum atomic E-state index is 12.3. The monoisotopic (exact) mass is 293 g/mol. The van der Waals surface area contributed by atoms with Crippen LogP contribution >= 0.6 is 12.2 Å². The van der Waals surface area contributed by atoms with Crippen LogP contribution in [0.25, 0.3) is 0 Å². The Balaban J connectivity index is 2.76. The summed E-state index contributed by atoms with van der Waals surface area (Å²) >= 11 is 4.80. The molecule has 6 nitrogen and oxygen atoms in total. The number of hydrogen-bond acceptors (Lipinski definition) is 4. The van der Waals surface area contributed by atoms with Crippen LogP contribution in [0.1, 0.15) is 26.7 Å². The molecule has 1 rings (SSSR count). The van der Waals surface area contributed by atoms with Gasteiger partial charge in [-0.2, -0.15) is 4.31 Å². The molecular formula is C10H19N3O3S2. The standard InChI is InChI=1S/C10H19N3O3S2/c1-3-9(10(11)17)18(15,16)13-5-4-8(6-13)12-7(2)14/h8-9H,3-6H2,1-2H3,(H2,11,17)(H,12,14). The third kappa shape index (κ3) is 3.39. The van der Waals surface area contributed by atoms with Gasteiger partial charge in [0.2, 0.25) is 15.9 Å². The predicted molar refractivity (Wildman–Crippen MR) is 73.6 cm³/mol. The Morgan fingerprint density at radius 3 is 2.67 bits per heavy atom. The van der Waals surface area contributed by atoms with Crippen LogP contribution in [-0.4, -0.2) is 48.0 Å². The number of hydrogen-bond donors (Lipinski definition) is 2. The molecule has 0 aromatic rings. The van der Waals surface area contributed by atoms with Crippen molar-refractivity contribution < 1.29 is 13.2 Å². The Morgan fingerprint density at radius 2 is 2.22 bits per heavy atom. The zero-order valence-electron chi connectivity index (χ0n) is 10.5. The molecule has 2 atom stereocenters. The number of nitrogens with zero attached hydrogens (tertiary/aromatic N) is 1. The second kappa shape index (κ2) is 5.94. The van der Waals surface area contributed by atoms with Gasteiger partial charge in [0.15, 0.2) is 0 Å². The van der Waals surface area contributed by atoms with Gasteiger partial charge in [-0.05, 0) is 12.8 Å². The maximum Gasteiger partial charge on any atom is 0.223 e. The van der Waals surface area contributed by atoms with Crippen molar-refractivity contribution in [2.75, 3.05) is 13.1 Å². The van der Waals surface area contributed by atoms with E-state index in [4.69, 9.17) is 18.0 Å². The van der Waals surface area contributed by atoms with Gasteiger partial charge in [-0.15, -0.1) is 0 Å². The lowest BCUT2D eigenvalue weighted by Crippen LogP contribution is -2.45. The first-order valence-electron chi connectivity index (χ1n) is 5.84. The van der Waals surface area contributed by atoms with E-state index in [1.807, 2.05) is 0 Å². The van der Waals surface area contributed by atoms with E-state index in [0.29, 0.717) is 25.9 Å². The molecule has 0 aliphatic carbocycles. The molecule has 104 valence electrons. The molecule has 18 heavy (non-hydrogen) atoms. The van der Waals surface area contributed by atoms with Gasteiger partial charge in [-0.25, -0.2) is 8.42 Å². The van der Waals surface area contributed by atoms with Crippen LogP contribution in [0.4, 0.5) is 0 Å². The van der Waals surface area contributed by atoms with Crippen LogP contribution in [0.15, 0.2) is 0 Å². The fourth-order valence-corrected chi connectivity index (χ4v) is 4.46. The van der Waals surface area contributed by atoms with Crippen LogP contribution in [0.2, 0.25) is 0 Å². The molecule has 0 spiro atoms. The summed E-state index contributed by atoms with van der Waals surface area (Å²) in [5.74, 6) is -0.152. The molecule has 1 fully saturated rings. The van der Waals surface area contributed by atoms with Crippen LogP contribution in [0.3, 0.4) is 0 Å². The maximum absolute atomic E-state index is 12.3. The van der Waals surface area contributed by atoms with Crippen LogP contribution in [0, 0.1) is 0 Å². The molecule has 1 aliphatic heterocycles. The first-order chi connectivity index (χ1) is 8.28. The van der Waals surface area contributed by atoms with Crippen molar-refractivity contribution in [1.82, 2.24) is 9.62 Å². The van der Waals surface area contributed by atoms with Crippen molar-refractivity contribution in [3.8, 4) is 0 Å². The van der Waals surface area contributed by atoms with Gasteiger partial charge in [-0.1, -0.05) is 19.1 Å². The Kier molecular flexibility index (Phi) is 5.06. The smallest absolute Gasteiger partial charge is 0.223 e. The summed E-state index contributed by atoms with van der Waals surface area (Å²) < 4.78 is 25.9. The van der Waals surface area contributed by atoms with Crippen LogP contribution < -0.4 is 11.1 Å². The van der Waals surface area contributed by atoms with Crippen molar-refractivity contribution in [3.05, 3.63) is 0 Å². The van der Waals surface area contributed by atoms with Gasteiger partial charge < -0.3 is 11.1 Å². The molecular weight excluding hydrogens is 274 g/mol. The topological polar surface area (TPSA) is 92.5 Å². The number of nitrogens with two attached hydrogens (primary N) is 1. The van der Waals surface area contributed by atoms with Crippen molar-refractivity contribution in [2.24, 2.45) is 5.73 Å². The Labute approximate surface area is 113 Å². The summed E-state index contributed by atoms with van der Waals surface area (Å²) in [6.07, 6.45) is 0.978. The minimum atomic E-state index is -3.50. The highest BCUT2D eigenvalue weighted by Gasteiger charge is 2.37. The molecule has 0 radical (unpaired) electrons. The van der Waals surface area contributed by atoms with E-state index in [9.17, 15) is 13.2 Å². The number of carbonyl (C=O) groups is 1. The Bertz CT molecular complexity index is 436. The summed E-state index contributed by atoms with van der Waals surface area (Å²) in [5, 5.41) is 1.90. The fourth-order valence-electron chi connectivity index (χ4n) is 2.10. The highest BCUT2D eigenvalue weighted by molar-refractivity contribution is 7.92. The second-order valence-corrected chi connectivity index (χ2v) is 6.98. The number of nitrogens with one attached hydrogen (secondary N) is 1. The Morgan fingerprint density at radius 1 is 1.61 bits per heavy atom. The van der Waals surface area contributed by atoms with E-state index in [0.717, 1.165) is 0 Å². The molecule has 0 aromatic carbocycles. The predicted octanol–water partition coefficient (Wildman–Crippen LogP) is -0.409. The van der Waals surface area contributed by atoms with E-state index in [1.165, 1.54) is 11.2 Å². The largest absolute Gasteiger partial charge is 0.392 e. The molecule has 1 amide bonds. The highest BCUT2D eigenvalue weighted by atomic mass is 32.2. The lowest BCUT2D eigenvalue weighted by Gasteiger charge is -2.22. The fraction of sp³-hybridized carbons (Fsp3) is 0.800.